The van der Waals surface area contributed by atoms with E-state index in [0.29, 0.717) is 12.2 Å². The summed E-state index contributed by atoms with van der Waals surface area (Å²) in [5, 5.41) is 3.08. The quantitative estimate of drug-likeness (QED) is 0.637. The highest BCUT2D eigenvalue weighted by Crippen LogP contribution is 2.23. The smallest absolute Gasteiger partial charge is 0.187 e. The molecule has 2 aromatic carbocycles. The van der Waals surface area contributed by atoms with Gasteiger partial charge in [0.2, 0.25) is 0 Å². The molecule has 0 aliphatic heterocycles. The second-order valence-corrected chi connectivity index (χ2v) is 4.64. The molecule has 3 heteroatoms. The van der Waals surface area contributed by atoms with Gasteiger partial charge in [-0.2, -0.15) is 0 Å². The van der Waals surface area contributed by atoms with E-state index in [1.54, 1.807) is 6.20 Å². The van der Waals surface area contributed by atoms with Crippen LogP contribution in [0.1, 0.15) is 22.8 Å². The number of carbonyl (C=O) groups excluding carboxylic acids is 1. The Bertz CT molecular complexity index is 630. The van der Waals surface area contributed by atoms with Crippen molar-refractivity contribution in [3.05, 3.63) is 71.9 Å². The SMILES string of the molecule is CCOc1ccccc1NC=CC(=O)c1ccc(C)cc1. The highest BCUT2D eigenvalue weighted by Gasteiger charge is 2.02. The Hall–Kier alpha value is -2.55. The lowest BCUT2D eigenvalue weighted by molar-refractivity contribution is 0.104. The van der Waals surface area contributed by atoms with Gasteiger partial charge in [-0.05, 0) is 26.0 Å². The molecule has 0 fully saturated rings. The van der Waals surface area contributed by atoms with Crippen LogP contribution in [0.2, 0.25) is 0 Å². The average molecular weight is 281 g/mol. The molecule has 0 aromatic heterocycles. The predicted octanol–water partition coefficient (Wildman–Crippen LogP) is 4.20. The molecule has 0 radical (unpaired) electrons. The summed E-state index contributed by atoms with van der Waals surface area (Å²) < 4.78 is 5.51. The summed E-state index contributed by atoms with van der Waals surface area (Å²) in [5.74, 6) is 0.740. The number of para-hydroxylation sites is 2. The number of rotatable bonds is 6. The summed E-state index contributed by atoms with van der Waals surface area (Å²) in [6.07, 6.45) is 3.16. The van der Waals surface area contributed by atoms with E-state index in [-0.39, 0.29) is 5.78 Å². The van der Waals surface area contributed by atoms with E-state index < -0.39 is 0 Å². The average Bonchev–Trinajstić information content (AvgIpc) is 2.50. The second-order valence-electron chi connectivity index (χ2n) is 4.64. The van der Waals surface area contributed by atoms with Crippen LogP contribution in [0.3, 0.4) is 0 Å². The number of hydrogen-bond donors (Lipinski definition) is 1. The lowest BCUT2D eigenvalue weighted by atomic mass is 10.1. The maximum absolute atomic E-state index is 12.0. The Morgan fingerprint density at radius 1 is 1.14 bits per heavy atom. The van der Waals surface area contributed by atoms with Crippen molar-refractivity contribution < 1.29 is 9.53 Å². The van der Waals surface area contributed by atoms with Crippen LogP contribution in [0, 0.1) is 6.92 Å². The molecule has 0 heterocycles. The van der Waals surface area contributed by atoms with Crippen molar-refractivity contribution in [3.8, 4) is 5.75 Å². The van der Waals surface area contributed by atoms with E-state index in [1.807, 2.05) is 62.4 Å². The number of ether oxygens (including phenoxy) is 1. The van der Waals surface area contributed by atoms with Gasteiger partial charge in [-0.1, -0.05) is 42.0 Å². The molecule has 0 saturated carbocycles. The maximum Gasteiger partial charge on any atom is 0.187 e. The third kappa shape index (κ3) is 4.21. The van der Waals surface area contributed by atoms with Gasteiger partial charge in [0.05, 0.1) is 12.3 Å². The number of ketones is 1. The molecule has 0 unspecified atom stereocenters. The van der Waals surface area contributed by atoms with Crippen molar-refractivity contribution in [2.24, 2.45) is 0 Å². The molecule has 108 valence electrons. The van der Waals surface area contributed by atoms with E-state index >= 15 is 0 Å². The van der Waals surface area contributed by atoms with Crippen molar-refractivity contribution in [1.29, 1.82) is 0 Å². The first-order valence-electron chi connectivity index (χ1n) is 6.96. The van der Waals surface area contributed by atoms with Gasteiger partial charge in [0.25, 0.3) is 0 Å². The van der Waals surface area contributed by atoms with Crippen LogP contribution in [0.25, 0.3) is 0 Å². The minimum atomic E-state index is -0.0311. The standard InChI is InChI=1S/C18H19NO2/c1-3-21-18-7-5-4-6-16(18)19-13-12-17(20)15-10-8-14(2)9-11-15/h4-13,19H,3H2,1-2H3. The van der Waals surface area contributed by atoms with Crippen LogP contribution in [-0.2, 0) is 0 Å². The minimum absolute atomic E-state index is 0.0311. The molecule has 2 rings (SSSR count). The molecule has 0 aliphatic rings. The fourth-order valence-corrected chi connectivity index (χ4v) is 1.89. The van der Waals surface area contributed by atoms with Crippen molar-refractivity contribution in [1.82, 2.24) is 0 Å². The molecule has 3 nitrogen and oxygen atoms in total. The van der Waals surface area contributed by atoms with Gasteiger partial charge >= 0.3 is 0 Å². The van der Waals surface area contributed by atoms with Gasteiger partial charge < -0.3 is 10.1 Å². The molecule has 21 heavy (non-hydrogen) atoms. The summed E-state index contributed by atoms with van der Waals surface area (Å²) in [4.78, 5) is 12.0. The lowest BCUT2D eigenvalue weighted by Gasteiger charge is -2.09. The lowest BCUT2D eigenvalue weighted by Crippen LogP contribution is -1.98. The highest BCUT2D eigenvalue weighted by atomic mass is 16.5. The van der Waals surface area contributed by atoms with Crippen LogP contribution >= 0.6 is 0 Å². The van der Waals surface area contributed by atoms with Crippen LogP contribution in [0.15, 0.2) is 60.8 Å². The monoisotopic (exact) mass is 281 g/mol. The van der Waals surface area contributed by atoms with Crippen molar-refractivity contribution >= 4 is 11.5 Å². The molecular formula is C18H19NO2. The maximum atomic E-state index is 12.0. The summed E-state index contributed by atoms with van der Waals surface area (Å²) in [5.41, 5.74) is 2.66. The molecule has 0 aliphatic carbocycles. The van der Waals surface area contributed by atoms with E-state index in [4.69, 9.17) is 4.74 Å². The van der Waals surface area contributed by atoms with Crippen LogP contribution < -0.4 is 10.1 Å². The van der Waals surface area contributed by atoms with Crippen LogP contribution in [0.4, 0.5) is 5.69 Å². The third-order valence-electron chi connectivity index (χ3n) is 3.00. The first-order valence-corrected chi connectivity index (χ1v) is 6.96. The number of carbonyl (C=O) groups is 1. The largest absolute Gasteiger partial charge is 0.492 e. The van der Waals surface area contributed by atoms with Crippen molar-refractivity contribution in [2.45, 2.75) is 13.8 Å². The number of allylic oxidation sites excluding steroid dienone is 1. The Morgan fingerprint density at radius 2 is 1.86 bits per heavy atom. The zero-order valence-electron chi connectivity index (χ0n) is 12.3. The zero-order valence-corrected chi connectivity index (χ0v) is 12.3. The van der Waals surface area contributed by atoms with E-state index in [2.05, 4.69) is 5.32 Å². The summed E-state index contributed by atoms with van der Waals surface area (Å²) in [6, 6.07) is 15.1. The Morgan fingerprint density at radius 3 is 2.57 bits per heavy atom. The van der Waals surface area contributed by atoms with E-state index in [1.165, 1.54) is 6.08 Å². The van der Waals surface area contributed by atoms with Gasteiger partial charge in [-0.3, -0.25) is 4.79 Å². The van der Waals surface area contributed by atoms with Gasteiger partial charge in [0.1, 0.15) is 5.75 Å². The molecule has 1 N–H and O–H groups in total. The Kier molecular flexibility index (Phi) is 5.16. The molecular weight excluding hydrogens is 262 g/mol. The summed E-state index contributed by atoms with van der Waals surface area (Å²) >= 11 is 0. The highest BCUT2D eigenvalue weighted by molar-refractivity contribution is 6.04. The fraction of sp³-hybridized carbons (Fsp3) is 0.167. The number of benzene rings is 2. The first-order chi connectivity index (χ1) is 10.2. The van der Waals surface area contributed by atoms with Crippen LogP contribution in [-0.4, -0.2) is 12.4 Å². The zero-order chi connectivity index (χ0) is 15.1. The van der Waals surface area contributed by atoms with Crippen molar-refractivity contribution in [2.75, 3.05) is 11.9 Å². The molecule has 0 bridgehead atoms. The Labute approximate surface area is 125 Å². The van der Waals surface area contributed by atoms with Crippen molar-refractivity contribution in [3.63, 3.8) is 0 Å². The fourth-order valence-electron chi connectivity index (χ4n) is 1.89. The summed E-state index contributed by atoms with van der Waals surface area (Å²) in [6.45, 7) is 4.54. The number of aryl methyl sites for hydroxylation is 1. The topological polar surface area (TPSA) is 38.3 Å². The third-order valence-corrected chi connectivity index (χ3v) is 3.00. The molecule has 2 aromatic rings. The van der Waals surface area contributed by atoms with Gasteiger partial charge in [0.15, 0.2) is 5.78 Å². The normalized spacial score (nSPS) is 10.6. The number of nitrogens with one attached hydrogen (secondary N) is 1. The summed E-state index contributed by atoms with van der Waals surface area (Å²) in [7, 11) is 0. The van der Waals surface area contributed by atoms with E-state index in [0.717, 1.165) is 17.0 Å². The number of hydrogen-bond acceptors (Lipinski definition) is 3. The van der Waals surface area contributed by atoms with Gasteiger partial charge in [-0.25, -0.2) is 0 Å². The van der Waals surface area contributed by atoms with Crippen LogP contribution in [0.5, 0.6) is 5.75 Å². The molecule has 0 atom stereocenters. The predicted molar refractivity (Wildman–Crippen MR) is 85.9 cm³/mol. The Balaban J connectivity index is 2.02. The van der Waals surface area contributed by atoms with E-state index in [9.17, 15) is 4.79 Å². The number of anilines is 1. The van der Waals surface area contributed by atoms with Gasteiger partial charge in [0, 0.05) is 17.8 Å². The first kappa shape index (κ1) is 14.9. The molecule has 0 amide bonds. The molecule has 0 saturated heterocycles. The minimum Gasteiger partial charge on any atom is -0.492 e. The molecule has 0 spiro atoms. The second kappa shape index (κ2) is 7.29. The van der Waals surface area contributed by atoms with Gasteiger partial charge in [-0.15, -0.1) is 0 Å².